The number of hydrogen-bond donors (Lipinski definition) is 3. The maximum Gasteiger partial charge on any atom is 0.228 e. The minimum Gasteiger partial charge on any atom is -0.339 e. The van der Waals surface area contributed by atoms with Gasteiger partial charge in [0.1, 0.15) is 10.7 Å². The van der Waals surface area contributed by atoms with E-state index in [1.165, 1.54) is 0 Å². The first-order valence-corrected chi connectivity index (χ1v) is 10.7. The molecule has 1 aromatic rings. The van der Waals surface area contributed by atoms with E-state index in [2.05, 4.69) is 16.0 Å². The molecule has 1 aliphatic carbocycles. The average molecular weight is 524 g/mol. The Bertz CT molecular complexity index is 791. The number of para-hydroxylation sites is 1. The number of rotatable bonds is 5. The summed E-state index contributed by atoms with van der Waals surface area (Å²) in [5, 5.41) is 8.97. The van der Waals surface area contributed by atoms with Gasteiger partial charge in [-0.05, 0) is 41.8 Å². The first-order chi connectivity index (χ1) is 12.8. The number of hydrogen-bond acceptors (Lipinski definition) is 2. The van der Waals surface area contributed by atoms with Crippen LogP contribution in [0.3, 0.4) is 0 Å². The van der Waals surface area contributed by atoms with Crippen molar-refractivity contribution in [3.05, 3.63) is 39.9 Å². The highest BCUT2D eigenvalue weighted by Crippen LogP contribution is 2.59. The van der Waals surface area contributed by atoms with Crippen LogP contribution in [0, 0.1) is 17.3 Å². The van der Waals surface area contributed by atoms with Crippen molar-refractivity contribution in [3.63, 3.8) is 0 Å². The number of carbonyl (C=O) groups is 1. The van der Waals surface area contributed by atoms with Gasteiger partial charge in [-0.1, -0.05) is 95.6 Å². The molecule has 11 heteroatoms. The topological polar surface area (TPSA) is 53.2 Å². The molecule has 0 unspecified atom stereocenters. The van der Waals surface area contributed by atoms with Crippen LogP contribution in [0.4, 0.5) is 5.69 Å². The van der Waals surface area contributed by atoms with Crippen molar-refractivity contribution < 1.29 is 4.79 Å². The van der Waals surface area contributed by atoms with Crippen molar-refractivity contribution in [1.82, 2.24) is 10.6 Å². The van der Waals surface area contributed by atoms with Gasteiger partial charge in [0.15, 0.2) is 5.11 Å². The van der Waals surface area contributed by atoms with Crippen molar-refractivity contribution in [2.45, 2.75) is 23.8 Å². The molecule has 1 fully saturated rings. The molecule has 2 rings (SSSR count). The number of allylic oxidation sites excluding steroid dienone is 1. The third-order valence-electron chi connectivity index (χ3n) is 4.51. The van der Waals surface area contributed by atoms with Gasteiger partial charge in [0, 0.05) is 0 Å². The summed E-state index contributed by atoms with van der Waals surface area (Å²) in [6.45, 7) is 3.85. The molecule has 154 valence electrons. The molecule has 3 N–H and O–H groups in total. The number of halogens is 6. The molecule has 4 nitrogen and oxygen atoms in total. The van der Waals surface area contributed by atoms with Gasteiger partial charge in [0.05, 0.1) is 16.6 Å². The number of amides is 1. The zero-order valence-electron chi connectivity index (χ0n) is 14.7. The van der Waals surface area contributed by atoms with Gasteiger partial charge in [0.25, 0.3) is 0 Å². The SMILES string of the molecule is CC1(C)[C@H](C=C(Cl)Cl)[C@H]1C(=O)N[C@@H](NC(=S)Nc1ccccc1Cl)C(Cl)(Cl)Cl. The highest BCUT2D eigenvalue weighted by atomic mass is 35.6. The Labute approximate surface area is 199 Å². The third-order valence-corrected chi connectivity index (χ3v) is 5.97. The normalized spacial score (nSPS) is 21.3. The van der Waals surface area contributed by atoms with E-state index < -0.39 is 9.96 Å². The summed E-state index contributed by atoms with van der Waals surface area (Å²) in [7, 11) is 0. The van der Waals surface area contributed by atoms with Gasteiger partial charge in [-0.25, -0.2) is 0 Å². The molecule has 1 saturated carbocycles. The molecule has 28 heavy (non-hydrogen) atoms. The number of anilines is 1. The molecular formula is C17H17Cl6N3OS. The molecule has 0 aromatic heterocycles. The van der Waals surface area contributed by atoms with Gasteiger partial charge in [-0.2, -0.15) is 0 Å². The Morgan fingerprint density at radius 1 is 1.21 bits per heavy atom. The predicted octanol–water partition coefficient (Wildman–Crippen LogP) is 6.03. The molecule has 0 bridgehead atoms. The Balaban J connectivity index is 2.06. The standard InChI is InChI=1S/C17H17Cl6N3OS/c1-16(2)8(7-11(19)20)12(16)13(27)25-14(17(21,22)23)26-15(28)24-10-6-4-3-5-9(10)18/h3-8,12,14H,1-2H3,(H,25,27)(H2,24,26,28)/t8-,12+,14+/m1/s1. The van der Waals surface area contributed by atoms with Crippen LogP contribution in [0.5, 0.6) is 0 Å². The minimum absolute atomic E-state index is 0.106. The summed E-state index contributed by atoms with van der Waals surface area (Å²) in [6.07, 6.45) is 0.550. The van der Waals surface area contributed by atoms with Gasteiger partial charge >= 0.3 is 0 Å². The number of benzene rings is 1. The fraction of sp³-hybridized carbons (Fsp3) is 0.412. The van der Waals surface area contributed by atoms with Crippen LogP contribution in [-0.4, -0.2) is 21.0 Å². The van der Waals surface area contributed by atoms with Crippen molar-refractivity contribution in [1.29, 1.82) is 0 Å². The maximum absolute atomic E-state index is 12.7. The van der Waals surface area contributed by atoms with Crippen molar-refractivity contribution in [3.8, 4) is 0 Å². The number of nitrogens with one attached hydrogen (secondary N) is 3. The van der Waals surface area contributed by atoms with E-state index in [1.807, 2.05) is 13.8 Å². The fourth-order valence-corrected chi connectivity index (χ4v) is 3.92. The van der Waals surface area contributed by atoms with E-state index in [0.29, 0.717) is 10.7 Å². The van der Waals surface area contributed by atoms with E-state index >= 15 is 0 Å². The summed E-state index contributed by atoms with van der Waals surface area (Å²) in [5.41, 5.74) is 0.245. The molecule has 1 amide bonds. The molecule has 0 radical (unpaired) electrons. The minimum atomic E-state index is -1.86. The average Bonchev–Trinajstić information content (AvgIpc) is 3.07. The summed E-state index contributed by atoms with van der Waals surface area (Å²) in [6, 6.07) is 7.00. The zero-order valence-corrected chi connectivity index (χ0v) is 20.1. The number of carbonyl (C=O) groups excluding carboxylic acids is 1. The fourth-order valence-electron chi connectivity index (χ4n) is 2.91. The smallest absolute Gasteiger partial charge is 0.228 e. The van der Waals surface area contributed by atoms with Crippen LogP contribution in [-0.2, 0) is 4.79 Å². The van der Waals surface area contributed by atoms with Crippen LogP contribution in [0.2, 0.25) is 5.02 Å². The van der Waals surface area contributed by atoms with E-state index in [1.54, 1.807) is 30.3 Å². The van der Waals surface area contributed by atoms with E-state index in [-0.39, 0.29) is 32.8 Å². The Kier molecular flexibility index (Phi) is 8.05. The van der Waals surface area contributed by atoms with Gasteiger partial charge in [0.2, 0.25) is 9.70 Å². The molecule has 1 aliphatic rings. The quantitative estimate of drug-likeness (QED) is 0.250. The van der Waals surface area contributed by atoms with E-state index in [9.17, 15) is 4.79 Å². The van der Waals surface area contributed by atoms with E-state index in [4.69, 9.17) is 81.8 Å². The molecule has 0 aliphatic heterocycles. The van der Waals surface area contributed by atoms with E-state index in [0.717, 1.165) is 0 Å². The Morgan fingerprint density at radius 3 is 2.36 bits per heavy atom. The second kappa shape index (κ2) is 9.34. The summed E-state index contributed by atoms with van der Waals surface area (Å²) >= 11 is 40.9. The lowest BCUT2D eigenvalue weighted by Gasteiger charge is -2.28. The van der Waals surface area contributed by atoms with Gasteiger partial charge in [-0.15, -0.1) is 0 Å². The second-order valence-corrected chi connectivity index (χ2v) is 11.0. The molecule has 0 spiro atoms. The molecule has 3 atom stereocenters. The Hall–Kier alpha value is -0.140. The first kappa shape index (κ1) is 24.1. The molecule has 1 aromatic carbocycles. The highest BCUT2D eigenvalue weighted by Gasteiger charge is 2.61. The van der Waals surface area contributed by atoms with Crippen molar-refractivity contribution >= 4 is 98.5 Å². The molecule has 0 saturated heterocycles. The largest absolute Gasteiger partial charge is 0.339 e. The monoisotopic (exact) mass is 521 g/mol. The van der Waals surface area contributed by atoms with Crippen LogP contribution in [0.1, 0.15) is 13.8 Å². The van der Waals surface area contributed by atoms with Crippen molar-refractivity contribution in [2.75, 3.05) is 5.32 Å². The summed E-state index contributed by atoms with van der Waals surface area (Å²) in [4.78, 5) is 12.7. The maximum atomic E-state index is 12.7. The first-order valence-electron chi connectivity index (χ1n) is 8.06. The lowest BCUT2D eigenvalue weighted by molar-refractivity contribution is -0.123. The zero-order chi connectivity index (χ0) is 21.3. The summed E-state index contributed by atoms with van der Waals surface area (Å²) in [5.74, 6) is -0.811. The molecular weight excluding hydrogens is 507 g/mol. The van der Waals surface area contributed by atoms with Crippen LogP contribution >= 0.6 is 81.8 Å². The van der Waals surface area contributed by atoms with Gasteiger partial charge < -0.3 is 16.0 Å². The third kappa shape index (κ3) is 6.18. The summed E-state index contributed by atoms with van der Waals surface area (Å²) < 4.78 is -1.76. The number of thiocarbonyl (C=S) groups is 1. The predicted molar refractivity (Wildman–Crippen MR) is 124 cm³/mol. The second-order valence-electron chi connectivity index (χ2n) is 6.84. The van der Waals surface area contributed by atoms with Crippen molar-refractivity contribution in [2.24, 2.45) is 17.3 Å². The highest BCUT2D eigenvalue weighted by molar-refractivity contribution is 7.80. The van der Waals surface area contributed by atoms with Crippen LogP contribution < -0.4 is 16.0 Å². The van der Waals surface area contributed by atoms with Crippen LogP contribution in [0.15, 0.2) is 34.8 Å². The number of alkyl halides is 3. The Morgan fingerprint density at radius 2 is 1.82 bits per heavy atom. The lowest BCUT2D eigenvalue weighted by Crippen LogP contribution is -2.56. The molecule has 0 heterocycles. The van der Waals surface area contributed by atoms with Gasteiger partial charge in [-0.3, -0.25) is 4.79 Å². The lowest BCUT2D eigenvalue weighted by atomic mass is 10.1. The van der Waals surface area contributed by atoms with Crippen LogP contribution in [0.25, 0.3) is 0 Å².